The molecule has 1 N–H and O–H groups in total. The summed E-state index contributed by atoms with van der Waals surface area (Å²) in [7, 11) is -1.70. The van der Waals surface area contributed by atoms with E-state index in [1.807, 2.05) is 0 Å². The molecule has 1 aliphatic heterocycles. The van der Waals surface area contributed by atoms with Crippen molar-refractivity contribution in [2.45, 2.75) is 24.6 Å². The molecule has 1 aliphatic rings. The molecular formula is C16H18OSi. The summed E-state index contributed by atoms with van der Waals surface area (Å²) in [5.74, 6) is 0. The first-order valence-corrected chi connectivity index (χ1v) is 9.02. The average molecular weight is 254 g/mol. The lowest BCUT2D eigenvalue weighted by atomic mass is 10.3. The maximum Gasteiger partial charge on any atom is 0.120 e. The molecule has 1 atom stereocenters. The highest BCUT2D eigenvalue weighted by Crippen LogP contribution is 2.30. The molecule has 1 unspecified atom stereocenters. The van der Waals surface area contributed by atoms with E-state index in [0.29, 0.717) is 0 Å². The van der Waals surface area contributed by atoms with Gasteiger partial charge in [0.1, 0.15) is 8.07 Å². The van der Waals surface area contributed by atoms with Gasteiger partial charge in [-0.25, -0.2) is 0 Å². The molecule has 0 saturated carbocycles. The average Bonchev–Trinajstić information content (AvgIpc) is 2.84. The van der Waals surface area contributed by atoms with Crippen LogP contribution in [0.1, 0.15) is 6.42 Å². The number of rotatable bonds is 2. The minimum atomic E-state index is -1.70. The van der Waals surface area contributed by atoms with Gasteiger partial charge in [0.25, 0.3) is 0 Å². The van der Waals surface area contributed by atoms with Crippen LogP contribution in [0.5, 0.6) is 0 Å². The molecule has 0 amide bonds. The van der Waals surface area contributed by atoms with Crippen LogP contribution in [0.2, 0.25) is 12.1 Å². The lowest BCUT2D eigenvalue weighted by Gasteiger charge is -2.28. The van der Waals surface area contributed by atoms with Crippen molar-refractivity contribution in [3.8, 4) is 0 Å². The summed E-state index contributed by atoms with van der Waals surface area (Å²) in [4.78, 5) is 0. The Balaban J connectivity index is 2.11. The molecule has 1 saturated heterocycles. The van der Waals surface area contributed by atoms with Gasteiger partial charge >= 0.3 is 0 Å². The van der Waals surface area contributed by atoms with Crippen LogP contribution in [-0.4, -0.2) is 19.3 Å². The van der Waals surface area contributed by atoms with E-state index >= 15 is 0 Å². The van der Waals surface area contributed by atoms with Crippen LogP contribution in [0.25, 0.3) is 0 Å². The van der Waals surface area contributed by atoms with Crippen molar-refractivity contribution in [3.63, 3.8) is 0 Å². The molecule has 2 aromatic rings. The highest BCUT2D eigenvalue weighted by Gasteiger charge is 2.43. The van der Waals surface area contributed by atoms with Gasteiger partial charge in [0, 0.05) is 0 Å². The van der Waals surface area contributed by atoms with Gasteiger partial charge in [0.05, 0.1) is 6.10 Å². The van der Waals surface area contributed by atoms with Crippen LogP contribution >= 0.6 is 0 Å². The van der Waals surface area contributed by atoms with Crippen LogP contribution in [0.4, 0.5) is 0 Å². The van der Waals surface area contributed by atoms with Crippen molar-refractivity contribution < 1.29 is 5.11 Å². The lowest BCUT2D eigenvalue weighted by molar-refractivity contribution is 0.199. The summed E-state index contributed by atoms with van der Waals surface area (Å²) in [6, 6.07) is 23.8. The third-order valence-corrected chi connectivity index (χ3v) is 9.33. The van der Waals surface area contributed by atoms with Crippen LogP contribution in [0, 0.1) is 0 Å². The van der Waals surface area contributed by atoms with Crippen molar-refractivity contribution in [1.29, 1.82) is 0 Å². The molecule has 0 bridgehead atoms. The van der Waals surface area contributed by atoms with E-state index in [4.69, 9.17) is 0 Å². The summed E-state index contributed by atoms with van der Waals surface area (Å²) in [6.07, 6.45) is 0.841. The summed E-state index contributed by atoms with van der Waals surface area (Å²) in [5, 5.41) is 13.0. The highest BCUT2D eigenvalue weighted by molar-refractivity contribution is 7.02. The minimum absolute atomic E-state index is 0.114. The van der Waals surface area contributed by atoms with Gasteiger partial charge in [-0.3, -0.25) is 0 Å². The van der Waals surface area contributed by atoms with Crippen LogP contribution < -0.4 is 10.4 Å². The number of benzene rings is 2. The minimum Gasteiger partial charge on any atom is -0.393 e. The Hall–Kier alpha value is -1.38. The van der Waals surface area contributed by atoms with E-state index in [-0.39, 0.29) is 6.10 Å². The molecule has 1 nitrogen and oxygen atoms in total. The summed E-state index contributed by atoms with van der Waals surface area (Å²) < 4.78 is 0. The molecule has 0 radical (unpaired) electrons. The SMILES string of the molecule is OC1CC[Si](c2ccccc2)(c2ccccc2)C1. The zero-order valence-electron chi connectivity index (χ0n) is 10.4. The predicted octanol–water partition coefficient (Wildman–Crippen LogP) is 2.01. The van der Waals surface area contributed by atoms with Crippen molar-refractivity contribution in [3.05, 3.63) is 60.7 Å². The standard InChI is InChI=1S/C16H18OSi/c17-14-11-12-18(13-14,15-7-3-1-4-8-15)16-9-5-2-6-10-16/h1-10,14,17H,11-13H2. The van der Waals surface area contributed by atoms with Gasteiger partial charge in [0.2, 0.25) is 0 Å². The Bertz CT molecular complexity index is 470. The van der Waals surface area contributed by atoms with Gasteiger partial charge < -0.3 is 5.11 Å². The third kappa shape index (κ3) is 1.92. The molecule has 1 fully saturated rings. The normalized spacial score (nSPS) is 21.9. The second kappa shape index (κ2) is 4.71. The summed E-state index contributed by atoms with van der Waals surface area (Å²) in [5.41, 5.74) is 0. The van der Waals surface area contributed by atoms with Crippen LogP contribution in [0.15, 0.2) is 60.7 Å². The second-order valence-corrected chi connectivity index (χ2v) is 9.44. The first kappa shape index (κ1) is 11.7. The molecule has 1 heterocycles. The zero-order valence-corrected chi connectivity index (χ0v) is 11.4. The van der Waals surface area contributed by atoms with Gasteiger partial charge in [-0.1, -0.05) is 71.0 Å². The molecule has 18 heavy (non-hydrogen) atoms. The van der Waals surface area contributed by atoms with Crippen molar-refractivity contribution in [1.82, 2.24) is 0 Å². The predicted molar refractivity (Wildman–Crippen MR) is 78.1 cm³/mol. The lowest BCUT2D eigenvalue weighted by Crippen LogP contribution is -2.56. The maximum absolute atomic E-state index is 10.0. The Morgan fingerprint density at radius 1 is 0.833 bits per heavy atom. The van der Waals surface area contributed by atoms with Crippen LogP contribution in [-0.2, 0) is 0 Å². The van der Waals surface area contributed by atoms with Crippen LogP contribution in [0.3, 0.4) is 0 Å². The van der Waals surface area contributed by atoms with Crippen molar-refractivity contribution >= 4 is 18.4 Å². The first-order valence-electron chi connectivity index (χ1n) is 6.60. The topological polar surface area (TPSA) is 20.2 Å². The third-order valence-electron chi connectivity index (χ3n) is 4.14. The van der Waals surface area contributed by atoms with Gasteiger partial charge in [0.15, 0.2) is 0 Å². The Morgan fingerprint density at radius 2 is 1.33 bits per heavy atom. The summed E-state index contributed by atoms with van der Waals surface area (Å²) >= 11 is 0. The van der Waals surface area contributed by atoms with E-state index < -0.39 is 8.07 Å². The molecule has 0 aliphatic carbocycles. The smallest absolute Gasteiger partial charge is 0.120 e. The van der Waals surface area contributed by atoms with Gasteiger partial charge in [-0.05, 0) is 18.5 Å². The van der Waals surface area contributed by atoms with E-state index in [1.165, 1.54) is 16.4 Å². The Morgan fingerprint density at radius 3 is 1.72 bits per heavy atom. The van der Waals surface area contributed by atoms with E-state index in [1.54, 1.807) is 0 Å². The number of aliphatic hydroxyl groups is 1. The largest absolute Gasteiger partial charge is 0.393 e. The molecule has 0 spiro atoms. The number of aliphatic hydroxyl groups excluding tert-OH is 1. The number of hydrogen-bond acceptors (Lipinski definition) is 1. The second-order valence-electron chi connectivity index (χ2n) is 5.21. The fourth-order valence-corrected chi connectivity index (χ4v) is 8.31. The molecule has 2 aromatic carbocycles. The van der Waals surface area contributed by atoms with E-state index in [2.05, 4.69) is 60.7 Å². The zero-order chi connectivity index (χ0) is 12.4. The molecule has 0 aromatic heterocycles. The maximum atomic E-state index is 10.0. The highest BCUT2D eigenvalue weighted by atomic mass is 28.3. The fourth-order valence-electron chi connectivity index (χ4n) is 3.22. The monoisotopic (exact) mass is 254 g/mol. The molecule has 92 valence electrons. The fraction of sp³-hybridized carbons (Fsp3) is 0.250. The van der Waals surface area contributed by atoms with Crippen molar-refractivity contribution in [2.24, 2.45) is 0 Å². The van der Waals surface area contributed by atoms with Gasteiger partial charge in [-0.15, -0.1) is 0 Å². The van der Waals surface area contributed by atoms with E-state index in [9.17, 15) is 5.11 Å². The molecular weight excluding hydrogens is 236 g/mol. The Kier molecular flexibility index (Phi) is 3.06. The summed E-state index contributed by atoms with van der Waals surface area (Å²) in [6.45, 7) is 0. The molecule has 3 rings (SSSR count). The van der Waals surface area contributed by atoms with Crippen molar-refractivity contribution in [2.75, 3.05) is 0 Å². The van der Waals surface area contributed by atoms with E-state index in [0.717, 1.165) is 12.5 Å². The first-order chi connectivity index (χ1) is 8.81. The van der Waals surface area contributed by atoms with Gasteiger partial charge in [-0.2, -0.15) is 0 Å². The molecule has 2 heteroatoms. The number of hydrogen-bond donors (Lipinski definition) is 1. The Labute approximate surface area is 109 Å². The quantitative estimate of drug-likeness (QED) is 0.813.